The molecule has 0 saturated heterocycles. The molecule has 1 heterocycles. The van der Waals surface area contributed by atoms with E-state index >= 15 is 0 Å². The maximum absolute atomic E-state index is 11.6. The van der Waals surface area contributed by atoms with Crippen LogP contribution in [0, 0.1) is 0 Å². The van der Waals surface area contributed by atoms with Gasteiger partial charge in [0.2, 0.25) is 0 Å². The number of hydrogen-bond donors (Lipinski definition) is 4. The number of benzene rings is 2. The number of primary amides is 1. The average Bonchev–Trinajstić information content (AvgIpc) is 2.52. The highest BCUT2D eigenvalue weighted by atomic mass is 16.3. The quantitative estimate of drug-likeness (QED) is 0.544. The SMILES string of the molecule is NC(=O)NC(=O)CO.O=C1NC(=O)c2cccc3cccc1c23. The van der Waals surface area contributed by atoms with Gasteiger partial charge in [-0.1, -0.05) is 24.3 Å². The maximum atomic E-state index is 11.6. The number of carbonyl (C=O) groups is 4. The van der Waals surface area contributed by atoms with Gasteiger partial charge in [-0.15, -0.1) is 0 Å². The third-order valence-corrected chi connectivity index (χ3v) is 3.03. The highest BCUT2D eigenvalue weighted by Gasteiger charge is 2.23. The van der Waals surface area contributed by atoms with Gasteiger partial charge in [-0.2, -0.15) is 0 Å². The minimum atomic E-state index is -0.955. The van der Waals surface area contributed by atoms with Crippen LogP contribution in [0.4, 0.5) is 4.79 Å². The normalized spacial score (nSPS) is 12.0. The second-order valence-electron chi connectivity index (χ2n) is 4.56. The molecule has 1 aliphatic heterocycles. The Morgan fingerprint density at radius 2 is 1.57 bits per heavy atom. The number of nitrogens with two attached hydrogens (primary N) is 1. The molecule has 0 fully saturated rings. The monoisotopic (exact) mass is 315 g/mol. The van der Waals surface area contributed by atoms with Gasteiger partial charge >= 0.3 is 6.03 Å². The Labute approximate surface area is 130 Å². The van der Waals surface area contributed by atoms with Crippen LogP contribution in [-0.2, 0) is 4.79 Å². The van der Waals surface area contributed by atoms with Crippen molar-refractivity contribution in [3.8, 4) is 0 Å². The lowest BCUT2D eigenvalue weighted by atomic mass is 9.95. The first-order valence-corrected chi connectivity index (χ1v) is 6.51. The van der Waals surface area contributed by atoms with Crippen LogP contribution >= 0.6 is 0 Å². The lowest BCUT2D eigenvalue weighted by Gasteiger charge is -2.15. The van der Waals surface area contributed by atoms with E-state index < -0.39 is 18.5 Å². The first kappa shape index (κ1) is 16.1. The average molecular weight is 315 g/mol. The predicted molar refractivity (Wildman–Crippen MR) is 80.6 cm³/mol. The Balaban J connectivity index is 0.000000207. The molecule has 8 heteroatoms. The number of imide groups is 2. The van der Waals surface area contributed by atoms with Crippen LogP contribution in [0.25, 0.3) is 10.8 Å². The minimum absolute atomic E-state index is 0.315. The number of hydrogen-bond acceptors (Lipinski definition) is 5. The Morgan fingerprint density at radius 1 is 1.04 bits per heavy atom. The van der Waals surface area contributed by atoms with Crippen LogP contribution < -0.4 is 16.4 Å². The van der Waals surface area contributed by atoms with Crippen LogP contribution in [-0.4, -0.2) is 35.5 Å². The number of aliphatic hydroxyl groups excluding tert-OH is 1. The van der Waals surface area contributed by atoms with E-state index in [0.717, 1.165) is 10.8 Å². The van der Waals surface area contributed by atoms with E-state index in [0.29, 0.717) is 11.1 Å². The van der Waals surface area contributed by atoms with E-state index in [1.807, 2.05) is 24.3 Å². The molecule has 0 bridgehead atoms. The van der Waals surface area contributed by atoms with Crippen LogP contribution in [0.1, 0.15) is 20.7 Å². The van der Waals surface area contributed by atoms with E-state index in [9.17, 15) is 19.2 Å². The Bertz CT molecular complexity index is 767. The second kappa shape index (κ2) is 6.67. The maximum Gasteiger partial charge on any atom is 0.318 e. The summed E-state index contributed by atoms with van der Waals surface area (Å²) in [5, 5.41) is 13.6. The molecule has 8 nitrogen and oxygen atoms in total. The third-order valence-electron chi connectivity index (χ3n) is 3.03. The van der Waals surface area contributed by atoms with Crippen LogP contribution in [0.15, 0.2) is 36.4 Å². The van der Waals surface area contributed by atoms with Gasteiger partial charge in [0.1, 0.15) is 6.61 Å². The largest absolute Gasteiger partial charge is 0.387 e. The summed E-state index contributed by atoms with van der Waals surface area (Å²) < 4.78 is 0. The molecular formula is C15H13N3O5. The summed E-state index contributed by atoms with van der Waals surface area (Å²) in [6, 6.07) is 9.93. The summed E-state index contributed by atoms with van der Waals surface area (Å²) in [6.45, 7) is -0.719. The zero-order valence-electron chi connectivity index (χ0n) is 11.8. The molecule has 5 N–H and O–H groups in total. The summed E-state index contributed by atoms with van der Waals surface area (Å²) >= 11 is 0. The molecule has 118 valence electrons. The molecule has 1 aliphatic rings. The number of amides is 5. The smallest absolute Gasteiger partial charge is 0.318 e. The first-order valence-electron chi connectivity index (χ1n) is 6.51. The fraction of sp³-hybridized carbons (Fsp3) is 0.0667. The molecule has 0 atom stereocenters. The Hall–Kier alpha value is -3.26. The van der Waals surface area contributed by atoms with Crippen molar-refractivity contribution in [1.82, 2.24) is 10.6 Å². The van der Waals surface area contributed by atoms with E-state index in [-0.39, 0.29) is 11.8 Å². The van der Waals surface area contributed by atoms with Crippen molar-refractivity contribution in [2.24, 2.45) is 5.73 Å². The summed E-state index contributed by atoms with van der Waals surface area (Å²) in [7, 11) is 0. The van der Waals surface area contributed by atoms with Crippen molar-refractivity contribution in [2.75, 3.05) is 6.61 Å². The van der Waals surface area contributed by atoms with Gasteiger partial charge in [-0.25, -0.2) is 4.79 Å². The number of carbonyl (C=O) groups excluding carboxylic acids is 4. The molecule has 2 aromatic carbocycles. The van der Waals surface area contributed by atoms with Crippen molar-refractivity contribution in [3.63, 3.8) is 0 Å². The summed E-state index contributed by atoms with van der Waals surface area (Å²) in [4.78, 5) is 42.8. The number of rotatable bonds is 1. The van der Waals surface area contributed by atoms with Crippen LogP contribution in [0.3, 0.4) is 0 Å². The van der Waals surface area contributed by atoms with Crippen molar-refractivity contribution in [2.45, 2.75) is 0 Å². The fourth-order valence-electron chi connectivity index (χ4n) is 2.13. The molecule has 3 rings (SSSR count). The van der Waals surface area contributed by atoms with E-state index in [1.165, 1.54) is 0 Å². The van der Waals surface area contributed by atoms with Crippen molar-refractivity contribution < 1.29 is 24.3 Å². The van der Waals surface area contributed by atoms with E-state index in [1.54, 1.807) is 17.4 Å². The van der Waals surface area contributed by atoms with Gasteiger partial charge in [-0.3, -0.25) is 25.0 Å². The lowest BCUT2D eigenvalue weighted by Crippen LogP contribution is -2.36. The summed E-state index contributed by atoms with van der Waals surface area (Å²) in [5.74, 6) is -1.42. The molecule has 0 saturated carbocycles. The Kier molecular flexibility index (Phi) is 4.67. The zero-order chi connectivity index (χ0) is 17.0. The van der Waals surface area contributed by atoms with Gasteiger partial charge in [-0.05, 0) is 17.5 Å². The van der Waals surface area contributed by atoms with Crippen molar-refractivity contribution in [1.29, 1.82) is 0 Å². The molecule has 2 aromatic rings. The van der Waals surface area contributed by atoms with Crippen LogP contribution in [0.5, 0.6) is 0 Å². The molecule has 5 amide bonds. The van der Waals surface area contributed by atoms with Crippen molar-refractivity contribution >= 4 is 34.5 Å². The van der Waals surface area contributed by atoms with Gasteiger partial charge in [0.15, 0.2) is 0 Å². The van der Waals surface area contributed by atoms with E-state index in [2.05, 4.69) is 11.1 Å². The standard InChI is InChI=1S/C12H7NO2.C3H6N2O3/c14-11-8-5-1-3-7-4-2-6-9(10(7)8)12(15)13-11;4-3(8)5-2(7)1-6/h1-6H,(H,13,14,15);6H,1H2,(H3,4,5,7,8). The summed E-state index contributed by atoms with van der Waals surface area (Å²) in [5.41, 5.74) is 5.63. The van der Waals surface area contributed by atoms with Crippen molar-refractivity contribution in [3.05, 3.63) is 47.5 Å². The number of aliphatic hydroxyl groups is 1. The molecule has 0 aliphatic carbocycles. The van der Waals surface area contributed by atoms with Gasteiger partial charge in [0.25, 0.3) is 17.7 Å². The minimum Gasteiger partial charge on any atom is -0.387 e. The highest BCUT2D eigenvalue weighted by molar-refractivity contribution is 6.25. The predicted octanol–water partition coefficient (Wildman–Crippen LogP) is -0.103. The van der Waals surface area contributed by atoms with E-state index in [4.69, 9.17) is 5.11 Å². The molecule has 0 aromatic heterocycles. The highest BCUT2D eigenvalue weighted by Crippen LogP contribution is 2.25. The third kappa shape index (κ3) is 3.50. The molecular weight excluding hydrogens is 302 g/mol. The number of nitrogens with one attached hydrogen (secondary N) is 2. The fourth-order valence-corrected chi connectivity index (χ4v) is 2.13. The van der Waals surface area contributed by atoms with Gasteiger partial charge in [0, 0.05) is 16.5 Å². The molecule has 0 spiro atoms. The molecule has 0 radical (unpaired) electrons. The molecule has 0 unspecified atom stereocenters. The number of urea groups is 1. The zero-order valence-corrected chi connectivity index (χ0v) is 11.8. The second-order valence-corrected chi connectivity index (χ2v) is 4.56. The van der Waals surface area contributed by atoms with Gasteiger partial charge < -0.3 is 10.8 Å². The Morgan fingerprint density at radius 3 is 1.96 bits per heavy atom. The molecule has 23 heavy (non-hydrogen) atoms. The lowest BCUT2D eigenvalue weighted by molar-refractivity contribution is -0.122. The van der Waals surface area contributed by atoms with Crippen LogP contribution in [0.2, 0.25) is 0 Å². The summed E-state index contributed by atoms with van der Waals surface area (Å²) in [6.07, 6.45) is 0. The van der Waals surface area contributed by atoms with Gasteiger partial charge in [0.05, 0.1) is 0 Å². The first-order chi connectivity index (χ1) is 10.9. The topological polar surface area (TPSA) is 139 Å².